The summed E-state index contributed by atoms with van der Waals surface area (Å²) in [7, 11) is 1.34. The molecule has 0 aromatic heterocycles. The Morgan fingerprint density at radius 2 is 2.12 bits per heavy atom. The molecule has 4 nitrogen and oxygen atoms in total. The van der Waals surface area contributed by atoms with Crippen LogP contribution in [0.25, 0.3) is 0 Å². The molecule has 1 aromatic carbocycles. The van der Waals surface area contributed by atoms with E-state index in [1.165, 1.54) is 7.11 Å². The van der Waals surface area contributed by atoms with E-state index in [1.54, 1.807) is 25.1 Å². The number of Topliss-reactive ketones (excluding diaryl/α,β-unsaturated/α-hetero) is 1. The minimum Gasteiger partial charge on any atom is -0.465 e. The van der Waals surface area contributed by atoms with Crippen molar-refractivity contribution in [1.29, 1.82) is 0 Å². The third kappa shape index (κ3) is 4.19. The van der Waals surface area contributed by atoms with Gasteiger partial charge < -0.3 is 10.1 Å². The Morgan fingerprint density at radius 3 is 2.65 bits per heavy atom. The van der Waals surface area contributed by atoms with Gasteiger partial charge in [-0.15, -0.1) is 0 Å². The average Bonchev–Trinajstić information content (AvgIpc) is 2.29. The molecule has 0 fully saturated rings. The van der Waals surface area contributed by atoms with E-state index in [4.69, 9.17) is 0 Å². The summed E-state index contributed by atoms with van der Waals surface area (Å²) in [5.74, 6) is -0.235. The number of carbonyl (C=O) groups is 2. The van der Waals surface area contributed by atoms with Crippen molar-refractivity contribution in [1.82, 2.24) is 0 Å². The smallest absolute Gasteiger partial charge is 0.337 e. The van der Waals surface area contributed by atoms with Crippen molar-refractivity contribution in [2.45, 2.75) is 13.3 Å². The fraction of sp³-hybridized carbons (Fsp3) is 0.333. The number of carbonyl (C=O) groups excluding carboxylic acids is 2. The maximum atomic E-state index is 11.3. The summed E-state index contributed by atoms with van der Waals surface area (Å²) in [6.07, 6.45) is 0.477. The molecule has 0 atom stereocenters. The van der Waals surface area contributed by atoms with E-state index in [-0.39, 0.29) is 11.8 Å². The van der Waals surface area contributed by atoms with Gasteiger partial charge in [0.2, 0.25) is 0 Å². The first kappa shape index (κ1) is 13.7. The Labute approximate surface area is 108 Å². The number of ether oxygens (including phenoxy) is 1. The highest BCUT2D eigenvalue weighted by atomic mass is 79.9. The first-order chi connectivity index (χ1) is 8.04. The van der Waals surface area contributed by atoms with Crippen LogP contribution in [0.1, 0.15) is 23.7 Å². The predicted octanol–water partition coefficient (Wildman–Crippen LogP) is 2.63. The SMILES string of the molecule is COC(=O)c1ccc(NCCC(C)=O)c(Br)c1. The average molecular weight is 300 g/mol. The van der Waals surface area contributed by atoms with E-state index in [1.807, 2.05) is 0 Å². The summed E-state index contributed by atoms with van der Waals surface area (Å²) in [6, 6.07) is 5.13. The van der Waals surface area contributed by atoms with Gasteiger partial charge in [0.05, 0.1) is 12.7 Å². The maximum Gasteiger partial charge on any atom is 0.337 e. The lowest BCUT2D eigenvalue weighted by Crippen LogP contribution is -2.07. The molecular weight excluding hydrogens is 286 g/mol. The molecule has 0 bridgehead atoms. The molecule has 1 N–H and O–H groups in total. The van der Waals surface area contributed by atoms with Gasteiger partial charge in [0, 0.05) is 23.1 Å². The molecule has 0 heterocycles. The Kier molecular flexibility index (Phi) is 5.15. The Bertz CT molecular complexity index is 432. The van der Waals surface area contributed by atoms with Crippen LogP contribution in [0.15, 0.2) is 22.7 Å². The molecular formula is C12H14BrNO3. The van der Waals surface area contributed by atoms with Crippen LogP contribution in [0.2, 0.25) is 0 Å². The molecule has 0 radical (unpaired) electrons. The number of nitrogens with one attached hydrogen (secondary N) is 1. The summed E-state index contributed by atoms with van der Waals surface area (Å²) >= 11 is 3.36. The first-order valence-corrected chi connectivity index (χ1v) is 5.95. The monoisotopic (exact) mass is 299 g/mol. The Hall–Kier alpha value is -1.36. The van der Waals surface area contributed by atoms with Crippen molar-refractivity contribution in [3.05, 3.63) is 28.2 Å². The third-order valence-corrected chi connectivity index (χ3v) is 2.84. The minimum absolute atomic E-state index is 0.139. The van der Waals surface area contributed by atoms with Gasteiger partial charge in [-0.25, -0.2) is 4.79 Å². The normalized spacial score (nSPS) is 9.82. The van der Waals surface area contributed by atoms with Gasteiger partial charge in [0.1, 0.15) is 5.78 Å². The van der Waals surface area contributed by atoms with Gasteiger partial charge in [-0.1, -0.05) is 0 Å². The van der Waals surface area contributed by atoms with Crippen LogP contribution in [-0.2, 0) is 9.53 Å². The summed E-state index contributed by atoms with van der Waals surface area (Å²) in [4.78, 5) is 22.1. The molecule has 0 aliphatic rings. The van der Waals surface area contributed by atoms with E-state index in [0.717, 1.165) is 10.2 Å². The van der Waals surface area contributed by atoms with Crippen LogP contribution in [0.3, 0.4) is 0 Å². The highest BCUT2D eigenvalue weighted by Crippen LogP contribution is 2.23. The fourth-order valence-corrected chi connectivity index (χ4v) is 1.80. The number of benzene rings is 1. The van der Waals surface area contributed by atoms with Crippen LogP contribution in [0.4, 0.5) is 5.69 Å². The lowest BCUT2D eigenvalue weighted by Gasteiger charge is -2.08. The van der Waals surface area contributed by atoms with Gasteiger partial charge in [-0.05, 0) is 41.1 Å². The number of rotatable bonds is 5. The van der Waals surface area contributed by atoms with Crippen LogP contribution >= 0.6 is 15.9 Å². The van der Waals surface area contributed by atoms with Crippen molar-refractivity contribution >= 4 is 33.4 Å². The topological polar surface area (TPSA) is 55.4 Å². The first-order valence-electron chi connectivity index (χ1n) is 5.15. The van der Waals surface area contributed by atoms with Crippen LogP contribution in [0.5, 0.6) is 0 Å². The summed E-state index contributed by atoms with van der Waals surface area (Å²) in [5, 5.41) is 3.11. The van der Waals surface area contributed by atoms with Crippen LogP contribution in [-0.4, -0.2) is 25.4 Å². The van der Waals surface area contributed by atoms with E-state index >= 15 is 0 Å². The fourth-order valence-electron chi connectivity index (χ4n) is 1.28. The third-order valence-electron chi connectivity index (χ3n) is 2.18. The van der Waals surface area contributed by atoms with E-state index in [2.05, 4.69) is 26.0 Å². The molecule has 5 heteroatoms. The lowest BCUT2D eigenvalue weighted by atomic mass is 10.2. The van der Waals surface area contributed by atoms with Gasteiger partial charge in [-0.3, -0.25) is 4.79 Å². The molecule has 0 saturated heterocycles. The second-order valence-electron chi connectivity index (χ2n) is 3.56. The summed E-state index contributed by atoms with van der Waals surface area (Å²) < 4.78 is 5.39. The lowest BCUT2D eigenvalue weighted by molar-refractivity contribution is -0.116. The molecule has 0 unspecified atom stereocenters. The number of methoxy groups -OCH3 is 1. The number of hydrogen-bond donors (Lipinski definition) is 1. The number of hydrogen-bond acceptors (Lipinski definition) is 4. The maximum absolute atomic E-state index is 11.3. The number of esters is 1. The number of ketones is 1. The van der Waals surface area contributed by atoms with Crippen molar-refractivity contribution < 1.29 is 14.3 Å². The number of anilines is 1. The highest BCUT2D eigenvalue weighted by Gasteiger charge is 2.08. The molecule has 92 valence electrons. The van der Waals surface area contributed by atoms with Gasteiger partial charge in [0.25, 0.3) is 0 Å². The number of halogens is 1. The molecule has 0 aliphatic carbocycles. The second kappa shape index (κ2) is 6.39. The minimum atomic E-state index is -0.374. The predicted molar refractivity (Wildman–Crippen MR) is 69.3 cm³/mol. The van der Waals surface area contributed by atoms with E-state index in [9.17, 15) is 9.59 Å². The molecule has 1 aromatic rings. The molecule has 17 heavy (non-hydrogen) atoms. The zero-order chi connectivity index (χ0) is 12.8. The second-order valence-corrected chi connectivity index (χ2v) is 4.42. The molecule has 0 spiro atoms. The molecule has 0 saturated carbocycles. The highest BCUT2D eigenvalue weighted by molar-refractivity contribution is 9.10. The van der Waals surface area contributed by atoms with Crippen molar-refractivity contribution in [2.24, 2.45) is 0 Å². The van der Waals surface area contributed by atoms with Crippen molar-refractivity contribution in [2.75, 3.05) is 19.0 Å². The van der Waals surface area contributed by atoms with Gasteiger partial charge in [-0.2, -0.15) is 0 Å². The quantitative estimate of drug-likeness (QED) is 0.849. The Balaban J connectivity index is 2.69. The van der Waals surface area contributed by atoms with Gasteiger partial charge >= 0.3 is 5.97 Å². The Morgan fingerprint density at radius 1 is 1.41 bits per heavy atom. The van der Waals surface area contributed by atoms with Crippen molar-refractivity contribution in [3.8, 4) is 0 Å². The van der Waals surface area contributed by atoms with Crippen LogP contribution < -0.4 is 5.32 Å². The molecule has 0 aliphatic heterocycles. The van der Waals surface area contributed by atoms with Gasteiger partial charge in [0.15, 0.2) is 0 Å². The van der Waals surface area contributed by atoms with Crippen LogP contribution in [0, 0.1) is 0 Å². The zero-order valence-electron chi connectivity index (χ0n) is 9.75. The molecule has 1 rings (SSSR count). The standard InChI is InChI=1S/C12H14BrNO3/c1-8(15)5-6-14-11-4-3-9(7-10(11)13)12(16)17-2/h3-4,7,14H,5-6H2,1-2H3. The molecule has 0 amide bonds. The summed E-state index contributed by atoms with van der Waals surface area (Å²) in [6.45, 7) is 2.13. The summed E-state index contributed by atoms with van der Waals surface area (Å²) in [5.41, 5.74) is 1.33. The zero-order valence-corrected chi connectivity index (χ0v) is 11.3. The van der Waals surface area contributed by atoms with E-state index < -0.39 is 0 Å². The van der Waals surface area contributed by atoms with E-state index in [0.29, 0.717) is 18.5 Å². The largest absolute Gasteiger partial charge is 0.465 e. The van der Waals surface area contributed by atoms with Crippen molar-refractivity contribution in [3.63, 3.8) is 0 Å².